The van der Waals surface area contributed by atoms with Gasteiger partial charge in [0.25, 0.3) is 0 Å². The van der Waals surface area contributed by atoms with Crippen molar-refractivity contribution in [2.24, 2.45) is 0 Å². The summed E-state index contributed by atoms with van der Waals surface area (Å²) >= 11 is 0. The lowest BCUT2D eigenvalue weighted by Crippen LogP contribution is -1.98. The molecular weight excluding hydrogens is 404 g/mol. The zero-order chi connectivity index (χ0) is 23.4. The summed E-state index contributed by atoms with van der Waals surface area (Å²) in [5, 5.41) is 0. The second kappa shape index (κ2) is 9.95. The molecule has 4 aromatic rings. The predicted molar refractivity (Wildman–Crippen MR) is 137 cm³/mol. The summed E-state index contributed by atoms with van der Waals surface area (Å²) in [6, 6.07) is 29.3. The summed E-state index contributed by atoms with van der Waals surface area (Å²) in [7, 11) is 0. The Morgan fingerprint density at radius 3 is 1.39 bits per heavy atom. The molecule has 0 spiro atoms. The van der Waals surface area contributed by atoms with E-state index in [1.165, 1.54) is 33.4 Å². The third-order valence-electron chi connectivity index (χ3n) is 6.34. The smallest absolute Gasteiger partial charge is 0.127 e. The van der Waals surface area contributed by atoms with Crippen LogP contribution in [-0.2, 0) is 6.42 Å². The van der Waals surface area contributed by atoms with Crippen LogP contribution in [0.5, 0.6) is 23.0 Å². The van der Waals surface area contributed by atoms with Crippen molar-refractivity contribution in [2.45, 2.75) is 47.0 Å². The number of rotatable bonds is 7. The molecular formula is C31H32O2. The Morgan fingerprint density at radius 1 is 0.515 bits per heavy atom. The van der Waals surface area contributed by atoms with Gasteiger partial charge in [-0.25, -0.2) is 0 Å². The largest absolute Gasteiger partial charge is 0.457 e. The first-order valence-electron chi connectivity index (χ1n) is 11.6. The van der Waals surface area contributed by atoms with E-state index in [2.05, 4.69) is 107 Å². The van der Waals surface area contributed by atoms with Gasteiger partial charge in [0.15, 0.2) is 0 Å². The van der Waals surface area contributed by atoms with Crippen molar-refractivity contribution in [3.63, 3.8) is 0 Å². The van der Waals surface area contributed by atoms with Crippen LogP contribution < -0.4 is 9.47 Å². The molecule has 0 aromatic heterocycles. The van der Waals surface area contributed by atoms with Gasteiger partial charge in [-0.1, -0.05) is 43.3 Å². The fourth-order valence-corrected chi connectivity index (χ4v) is 3.86. The van der Waals surface area contributed by atoms with E-state index in [-0.39, 0.29) is 0 Å². The molecule has 0 aliphatic heterocycles. The molecule has 33 heavy (non-hydrogen) atoms. The molecule has 168 valence electrons. The van der Waals surface area contributed by atoms with Crippen LogP contribution in [-0.4, -0.2) is 0 Å². The molecule has 0 aliphatic rings. The predicted octanol–water partition coefficient (Wildman–Crippen LogP) is 8.85. The SMILES string of the molecule is Cc1ccc(Oc2ccc(CC(C)c3ccc(Oc4ccc(C)c(C)c4)cc3)cc2)cc1C. The van der Waals surface area contributed by atoms with Crippen LogP contribution in [0.4, 0.5) is 0 Å². The Kier molecular flexibility index (Phi) is 6.84. The summed E-state index contributed by atoms with van der Waals surface area (Å²) in [6.45, 7) is 10.7. The molecule has 0 saturated heterocycles. The van der Waals surface area contributed by atoms with Gasteiger partial charge < -0.3 is 9.47 Å². The monoisotopic (exact) mass is 436 g/mol. The maximum Gasteiger partial charge on any atom is 0.127 e. The van der Waals surface area contributed by atoms with Gasteiger partial charge in [-0.3, -0.25) is 0 Å². The number of benzene rings is 4. The van der Waals surface area contributed by atoms with Crippen molar-refractivity contribution in [2.75, 3.05) is 0 Å². The molecule has 2 heteroatoms. The lowest BCUT2D eigenvalue weighted by atomic mass is 9.94. The van der Waals surface area contributed by atoms with Crippen molar-refractivity contribution in [1.29, 1.82) is 0 Å². The van der Waals surface area contributed by atoms with Crippen LogP contribution in [0.15, 0.2) is 84.9 Å². The molecule has 0 fully saturated rings. The summed E-state index contributed by atoms with van der Waals surface area (Å²) in [4.78, 5) is 0. The maximum atomic E-state index is 6.03. The molecule has 0 radical (unpaired) electrons. The normalized spacial score (nSPS) is 11.8. The highest BCUT2D eigenvalue weighted by molar-refractivity contribution is 5.40. The standard InChI is InChI=1S/C31H32O2/c1-21-6-12-30(19-23(21)3)32-28-14-8-26(9-15-28)18-25(5)27-10-16-29(17-11-27)33-31-13-7-22(2)24(4)20-31/h6-17,19-20,25H,18H2,1-5H3. The Morgan fingerprint density at radius 2 is 0.939 bits per heavy atom. The quantitative estimate of drug-likeness (QED) is 0.288. The Bertz CT molecular complexity index is 1220. The van der Waals surface area contributed by atoms with Gasteiger partial charge in [0.2, 0.25) is 0 Å². The van der Waals surface area contributed by atoms with Gasteiger partial charge in [0, 0.05) is 0 Å². The van der Waals surface area contributed by atoms with Gasteiger partial charge in [-0.2, -0.15) is 0 Å². The van der Waals surface area contributed by atoms with Crippen molar-refractivity contribution in [3.8, 4) is 23.0 Å². The second-order valence-corrected chi connectivity index (χ2v) is 9.01. The van der Waals surface area contributed by atoms with E-state index in [4.69, 9.17) is 9.47 Å². The van der Waals surface area contributed by atoms with Crippen LogP contribution >= 0.6 is 0 Å². The highest BCUT2D eigenvalue weighted by Gasteiger charge is 2.09. The molecule has 0 aliphatic carbocycles. The number of ether oxygens (including phenoxy) is 2. The molecule has 0 bridgehead atoms. The highest BCUT2D eigenvalue weighted by atomic mass is 16.5. The van der Waals surface area contributed by atoms with Crippen LogP contribution in [0.3, 0.4) is 0 Å². The average Bonchev–Trinajstić information content (AvgIpc) is 2.80. The van der Waals surface area contributed by atoms with Crippen molar-refractivity contribution >= 4 is 0 Å². The fraction of sp³-hybridized carbons (Fsp3) is 0.226. The molecule has 0 N–H and O–H groups in total. The second-order valence-electron chi connectivity index (χ2n) is 9.01. The summed E-state index contributed by atoms with van der Waals surface area (Å²) < 4.78 is 12.0. The van der Waals surface area contributed by atoms with E-state index in [0.29, 0.717) is 5.92 Å². The van der Waals surface area contributed by atoms with Crippen LogP contribution in [0.1, 0.15) is 46.2 Å². The van der Waals surface area contributed by atoms with Crippen molar-refractivity contribution in [1.82, 2.24) is 0 Å². The third-order valence-corrected chi connectivity index (χ3v) is 6.34. The zero-order valence-electron chi connectivity index (χ0n) is 20.2. The molecule has 4 rings (SSSR count). The Hall–Kier alpha value is -3.52. The van der Waals surface area contributed by atoms with Crippen LogP contribution in [0, 0.1) is 27.7 Å². The number of hydrogen-bond donors (Lipinski definition) is 0. The van der Waals surface area contributed by atoms with E-state index in [0.717, 1.165) is 29.4 Å². The van der Waals surface area contributed by atoms with Crippen LogP contribution in [0.2, 0.25) is 0 Å². The minimum Gasteiger partial charge on any atom is -0.457 e. The first-order valence-corrected chi connectivity index (χ1v) is 11.6. The van der Waals surface area contributed by atoms with Gasteiger partial charge in [0.1, 0.15) is 23.0 Å². The lowest BCUT2D eigenvalue weighted by Gasteiger charge is -2.14. The lowest BCUT2D eigenvalue weighted by molar-refractivity contribution is 0.481. The van der Waals surface area contributed by atoms with Crippen molar-refractivity contribution in [3.05, 3.63) is 118 Å². The average molecular weight is 437 g/mol. The zero-order valence-corrected chi connectivity index (χ0v) is 20.2. The Labute approximate surface area is 197 Å². The van der Waals surface area contributed by atoms with Crippen molar-refractivity contribution < 1.29 is 9.47 Å². The molecule has 0 saturated carbocycles. The maximum absolute atomic E-state index is 6.03. The van der Waals surface area contributed by atoms with E-state index in [1.54, 1.807) is 0 Å². The molecule has 1 atom stereocenters. The van der Waals surface area contributed by atoms with Gasteiger partial charge in [0.05, 0.1) is 0 Å². The highest BCUT2D eigenvalue weighted by Crippen LogP contribution is 2.28. The molecule has 0 heterocycles. The van der Waals surface area contributed by atoms with Crippen LogP contribution in [0.25, 0.3) is 0 Å². The van der Waals surface area contributed by atoms with E-state index >= 15 is 0 Å². The van der Waals surface area contributed by atoms with Gasteiger partial charge in [-0.05, 0) is 122 Å². The topological polar surface area (TPSA) is 18.5 Å². The first kappa shape index (κ1) is 22.7. The molecule has 0 amide bonds. The molecule has 4 aromatic carbocycles. The van der Waals surface area contributed by atoms with Gasteiger partial charge in [-0.15, -0.1) is 0 Å². The summed E-state index contributed by atoms with van der Waals surface area (Å²) in [5.41, 5.74) is 7.63. The number of hydrogen-bond acceptors (Lipinski definition) is 2. The minimum atomic E-state index is 0.409. The fourth-order valence-electron chi connectivity index (χ4n) is 3.86. The van der Waals surface area contributed by atoms with E-state index < -0.39 is 0 Å². The number of aryl methyl sites for hydroxylation is 4. The molecule has 2 nitrogen and oxygen atoms in total. The Balaban J connectivity index is 1.35. The summed E-state index contributed by atoms with van der Waals surface area (Å²) in [5.74, 6) is 3.89. The third kappa shape index (κ3) is 5.84. The molecule has 1 unspecified atom stereocenters. The minimum absolute atomic E-state index is 0.409. The van der Waals surface area contributed by atoms with E-state index in [9.17, 15) is 0 Å². The van der Waals surface area contributed by atoms with Gasteiger partial charge >= 0.3 is 0 Å². The first-order chi connectivity index (χ1) is 15.9. The summed E-state index contributed by atoms with van der Waals surface area (Å²) in [6.07, 6.45) is 0.973. The van der Waals surface area contributed by atoms with E-state index in [1.807, 2.05) is 12.1 Å².